The lowest BCUT2D eigenvalue weighted by Crippen LogP contribution is -2.44. The van der Waals surface area contributed by atoms with Gasteiger partial charge in [-0.2, -0.15) is 4.72 Å². The van der Waals surface area contributed by atoms with Crippen molar-refractivity contribution in [3.05, 3.63) is 36.4 Å². The van der Waals surface area contributed by atoms with Gasteiger partial charge in [0.1, 0.15) is 6.04 Å². The van der Waals surface area contributed by atoms with Gasteiger partial charge in [-0.15, -0.1) is 11.3 Å². The standard InChI is InChI=1S/C21H25N3O5S2/c1-12(2)19(20(25)26)22-31(28,29)14-7-9-16-15-8-6-13(24(5)21(27)23(3)4)10-17(15)30-18(16)11-14/h6-12,19,22H,1-5H3,(H,25,26)/t19-/m0/s1. The molecular formula is C21H25N3O5S2. The number of urea groups is 1. The third-order valence-electron chi connectivity index (χ3n) is 5.01. The highest BCUT2D eigenvalue weighted by atomic mass is 32.2. The molecule has 0 radical (unpaired) electrons. The number of aliphatic carboxylic acids is 1. The quantitative estimate of drug-likeness (QED) is 0.581. The number of fused-ring (bicyclic) bond motifs is 3. The minimum Gasteiger partial charge on any atom is -0.480 e. The van der Waals surface area contributed by atoms with Crippen molar-refractivity contribution in [3.63, 3.8) is 0 Å². The van der Waals surface area contributed by atoms with Gasteiger partial charge in [-0.1, -0.05) is 26.0 Å². The molecule has 1 atom stereocenters. The molecular weight excluding hydrogens is 438 g/mol. The first-order valence-electron chi connectivity index (χ1n) is 9.59. The van der Waals surface area contributed by atoms with E-state index in [2.05, 4.69) is 4.72 Å². The molecule has 2 N–H and O–H groups in total. The molecule has 0 aliphatic heterocycles. The smallest absolute Gasteiger partial charge is 0.323 e. The summed E-state index contributed by atoms with van der Waals surface area (Å²) < 4.78 is 29.5. The van der Waals surface area contributed by atoms with Crippen LogP contribution in [0.1, 0.15) is 13.8 Å². The summed E-state index contributed by atoms with van der Waals surface area (Å²) in [5, 5.41) is 11.2. The van der Waals surface area contributed by atoms with Crippen molar-refractivity contribution in [1.82, 2.24) is 9.62 Å². The molecule has 0 aliphatic carbocycles. The number of rotatable bonds is 6. The molecule has 1 aromatic heterocycles. The molecule has 166 valence electrons. The van der Waals surface area contributed by atoms with Gasteiger partial charge in [0.25, 0.3) is 0 Å². The van der Waals surface area contributed by atoms with E-state index >= 15 is 0 Å². The molecule has 8 nitrogen and oxygen atoms in total. The second-order valence-corrected chi connectivity index (χ2v) is 10.7. The molecule has 0 saturated carbocycles. The van der Waals surface area contributed by atoms with E-state index in [4.69, 9.17) is 0 Å². The summed E-state index contributed by atoms with van der Waals surface area (Å²) in [6, 6.07) is 9.04. The van der Waals surface area contributed by atoms with Crippen LogP contribution in [0, 0.1) is 5.92 Å². The van der Waals surface area contributed by atoms with Crippen LogP contribution in [-0.4, -0.2) is 57.6 Å². The Kier molecular flexibility index (Phi) is 6.26. The Morgan fingerprint density at radius 1 is 1.00 bits per heavy atom. The molecule has 0 fully saturated rings. The van der Waals surface area contributed by atoms with Crippen LogP contribution in [0.15, 0.2) is 41.3 Å². The summed E-state index contributed by atoms with van der Waals surface area (Å²) in [7, 11) is 1.05. The number of nitrogens with one attached hydrogen (secondary N) is 1. The van der Waals surface area contributed by atoms with E-state index in [9.17, 15) is 23.1 Å². The molecule has 0 bridgehead atoms. The van der Waals surface area contributed by atoms with Gasteiger partial charge in [-0.05, 0) is 30.2 Å². The van der Waals surface area contributed by atoms with E-state index in [1.165, 1.54) is 22.3 Å². The Balaban J connectivity index is 2.01. The van der Waals surface area contributed by atoms with Crippen LogP contribution in [0.3, 0.4) is 0 Å². The van der Waals surface area contributed by atoms with Gasteiger partial charge >= 0.3 is 12.0 Å². The topological polar surface area (TPSA) is 107 Å². The number of benzene rings is 2. The van der Waals surface area contributed by atoms with Crippen molar-refractivity contribution in [2.75, 3.05) is 26.0 Å². The number of carboxylic acids is 1. The minimum absolute atomic E-state index is 0.0126. The number of carbonyl (C=O) groups excluding carboxylic acids is 1. The van der Waals surface area contributed by atoms with E-state index in [0.29, 0.717) is 0 Å². The van der Waals surface area contributed by atoms with Crippen molar-refractivity contribution in [1.29, 1.82) is 0 Å². The molecule has 2 aromatic carbocycles. The lowest BCUT2D eigenvalue weighted by atomic mass is 10.1. The molecule has 0 unspecified atom stereocenters. The van der Waals surface area contributed by atoms with Crippen LogP contribution in [0.4, 0.5) is 10.5 Å². The van der Waals surface area contributed by atoms with Gasteiger partial charge < -0.3 is 10.0 Å². The highest BCUT2D eigenvalue weighted by Crippen LogP contribution is 2.37. The SMILES string of the molecule is CC(C)[C@H](NS(=O)(=O)c1ccc2c(c1)sc1cc(N(C)C(=O)N(C)C)ccc12)C(=O)O. The molecule has 0 spiro atoms. The molecule has 3 aromatic rings. The van der Waals surface area contributed by atoms with E-state index in [0.717, 1.165) is 25.9 Å². The first kappa shape index (κ1) is 23.0. The lowest BCUT2D eigenvalue weighted by molar-refractivity contribution is -0.140. The Morgan fingerprint density at radius 2 is 1.58 bits per heavy atom. The number of hydrogen-bond acceptors (Lipinski definition) is 5. The van der Waals surface area contributed by atoms with Gasteiger partial charge in [-0.3, -0.25) is 9.69 Å². The number of carboxylic acid groups (broad SMARTS) is 1. The van der Waals surface area contributed by atoms with Crippen molar-refractivity contribution in [2.24, 2.45) is 5.92 Å². The van der Waals surface area contributed by atoms with Crippen molar-refractivity contribution in [2.45, 2.75) is 24.8 Å². The van der Waals surface area contributed by atoms with Crippen molar-refractivity contribution < 1.29 is 23.1 Å². The number of sulfonamides is 1. The predicted molar refractivity (Wildman–Crippen MR) is 123 cm³/mol. The predicted octanol–water partition coefficient (Wildman–Crippen LogP) is 3.56. The van der Waals surface area contributed by atoms with E-state index in [-0.39, 0.29) is 10.9 Å². The van der Waals surface area contributed by atoms with Gasteiger partial charge in [0.05, 0.1) is 4.90 Å². The molecule has 31 heavy (non-hydrogen) atoms. The summed E-state index contributed by atoms with van der Waals surface area (Å²) in [5.41, 5.74) is 0.730. The Hall–Kier alpha value is -2.69. The van der Waals surface area contributed by atoms with Crippen molar-refractivity contribution >= 4 is 59.2 Å². The summed E-state index contributed by atoms with van der Waals surface area (Å²) >= 11 is 1.42. The number of amides is 2. The zero-order valence-electron chi connectivity index (χ0n) is 17.9. The fourth-order valence-corrected chi connectivity index (χ4v) is 5.86. The highest BCUT2D eigenvalue weighted by Gasteiger charge is 2.28. The third-order valence-corrected chi connectivity index (χ3v) is 7.56. The second-order valence-electron chi connectivity index (χ2n) is 7.86. The van der Waals surface area contributed by atoms with E-state index in [1.807, 2.05) is 18.2 Å². The van der Waals surface area contributed by atoms with Crippen LogP contribution < -0.4 is 9.62 Å². The number of anilines is 1. The number of carbonyl (C=O) groups is 2. The summed E-state index contributed by atoms with van der Waals surface area (Å²) in [4.78, 5) is 26.7. The Morgan fingerprint density at radius 3 is 2.13 bits per heavy atom. The lowest BCUT2D eigenvalue weighted by Gasteiger charge is -2.21. The summed E-state index contributed by atoms with van der Waals surface area (Å²) in [6.07, 6.45) is 0. The molecule has 2 amide bonds. The minimum atomic E-state index is -4.00. The van der Waals surface area contributed by atoms with Crippen LogP contribution in [-0.2, 0) is 14.8 Å². The van der Waals surface area contributed by atoms with Gasteiger partial charge in [-0.25, -0.2) is 13.2 Å². The number of nitrogens with zero attached hydrogens (tertiary/aromatic N) is 2. The Bertz CT molecular complexity index is 1260. The average Bonchev–Trinajstić information content (AvgIpc) is 3.07. The molecule has 0 aliphatic rings. The van der Waals surface area contributed by atoms with Gasteiger partial charge in [0.15, 0.2) is 0 Å². The van der Waals surface area contributed by atoms with E-state index in [1.54, 1.807) is 52.0 Å². The second kappa shape index (κ2) is 8.45. The fourth-order valence-electron chi connectivity index (χ4n) is 3.24. The number of thiophene rings is 1. The van der Waals surface area contributed by atoms with Crippen molar-refractivity contribution in [3.8, 4) is 0 Å². The van der Waals surface area contributed by atoms with Crippen LogP contribution in [0.5, 0.6) is 0 Å². The van der Waals surface area contributed by atoms with E-state index < -0.39 is 28.0 Å². The van der Waals surface area contributed by atoms with Gasteiger partial charge in [0.2, 0.25) is 10.0 Å². The maximum absolute atomic E-state index is 12.8. The summed E-state index contributed by atoms with van der Waals surface area (Å²) in [5.74, 6) is -1.62. The largest absolute Gasteiger partial charge is 0.480 e. The maximum atomic E-state index is 12.8. The zero-order valence-corrected chi connectivity index (χ0v) is 19.5. The normalized spacial score (nSPS) is 13.0. The highest BCUT2D eigenvalue weighted by molar-refractivity contribution is 7.89. The average molecular weight is 464 g/mol. The third kappa shape index (κ3) is 4.51. The van der Waals surface area contributed by atoms with Gasteiger partial charge in [0, 0.05) is 47.0 Å². The van der Waals surface area contributed by atoms with Crippen LogP contribution in [0.25, 0.3) is 20.2 Å². The van der Waals surface area contributed by atoms with Crippen LogP contribution in [0.2, 0.25) is 0 Å². The molecule has 3 rings (SSSR count). The fraction of sp³-hybridized carbons (Fsp3) is 0.333. The zero-order chi connectivity index (χ0) is 23.1. The monoisotopic (exact) mass is 463 g/mol. The molecule has 0 saturated heterocycles. The number of hydrogen-bond donors (Lipinski definition) is 2. The maximum Gasteiger partial charge on any atom is 0.323 e. The Labute approximate surface area is 185 Å². The first-order valence-corrected chi connectivity index (χ1v) is 11.9. The van der Waals surface area contributed by atoms with Crippen LogP contribution >= 0.6 is 11.3 Å². The summed E-state index contributed by atoms with van der Waals surface area (Å²) in [6.45, 7) is 3.29. The first-order chi connectivity index (χ1) is 14.4. The molecule has 1 heterocycles. The molecule has 10 heteroatoms.